The van der Waals surface area contributed by atoms with Crippen LogP contribution in [0.15, 0.2) is 46.3 Å². The smallest absolute Gasteiger partial charge is 0.344 e. The van der Waals surface area contributed by atoms with Crippen molar-refractivity contribution in [2.24, 2.45) is 5.10 Å². The maximum absolute atomic E-state index is 13.4. The molecule has 3 aromatic rings. The lowest BCUT2D eigenvalue weighted by atomic mass is 9.88. The van der Waals surface area contributed by atoms with Crippen LogP contribution in [0.2, 0.25) is 5.02 Å². The van der Waals surface area contributed by atoms with Crippen LogP contribution in [0.25, 0.3) is 10.9 Å². The van der Waals surface area contributed by atoms with E-state index in [4.69, 9.17) is 21.3 Å². The first-order valence-electron chi connectivity index (χ1n) is 11.2. The minimum atomic E-state index is -1.37. The Morgan fingerprint density at radius 1 is 1.31 bits per heavy atom. The lowest BCUT2D eigenvalue weighted by molar-refractivity contribution is -0.386. The number of halogens is 1. The summed E-state index contributed by atoms with van der Waals surface area (Å²) >= 11 is 6.09. The quantitative estimate of drug-likeness (QED) is 0.282. The molecule has 0 bridgehead atoms. The van der Waals surface area contributed by atoms with Crippen LogP contribution in [0.5, 0.6) is 5.75 Å². The van der Waals surface area contributed by atoms with Crippen LogP contribution in [0, 0.1) is 10.1 Å². The van der Waals surface area contributed by atoms with Gasteiger partial charge in [0.05, 0.1) is 22.0 Å². The molecule has 0 unspecified atom stereocenters. The second-order valence-corrected chi connectivity index (χ2v) is 8.82. The first-order chi connectivity index (χ1) is 16.8. The van der Waals surface area contributed by atoms with Crippen molar-refractivity contribution in [3.8, 4) is 5.75 Å². The highest BCUT2D eigenvalue weighted by atomic mass is 35.5. The van der Waals surface area contributed by atoms with Gasteiger partial charge in [0, 0.05) is 22.6 Å². The van der Waals surface area contributed by atoms with Crippen molar-refractivity contribution in [1.29, 1.82) is 0 Å². The van der Waals surface area contributed by atoms with E-state index in [1.54, 1.807) is 18.2 Å². The average molecular weight is 499 g/mol. The van der Waals surface area contributed by atoms with Crippen molar-refractivity contribution in [3.05, 3.63) is 73.3 Å². The highest BCUT2D eigenvalue weighted by molar-refractivity contribution is 6.31. The lowest BCUT2D eigenvalue weighted by Crippen LogP contribution is -2.25. The van der Waals surface area contributed by atoms with Crippen molar-refractivity contribution in [1.82, 2.24) is 9.66 Å². The van der Waals surface area contributed by atoms with Gasteiger partial charge in [0.25, 0.3) is 5.56 Å². The van der Waals surface area contributed by atoms with Crippen molar-refractivity contribution < 1.29 is 19.6 Å². The Hall–Kier alpha value is -3.79. The molecule has 1 aliphatic carbocycles. The fraction of sp³-hybridized carbons (Fsp3) is 0.333. The maximum Gasteiger partial charge on any atom is 0.344 e. The summed E-state index contributed by atoms with van der Waals surface area (Å²) in [6.07, 6.45) is 4.73. The van der Waals surface area contributed by atoms with Crippen LogP contribution in [0.3, 0.4) is 0 Å². The number of benzene rings is 2. The first kappa shape index (κ1) is 24.3. The van der Waals surface area contributed by atoms with Gasteiger partial charge in [-0.1, -0.05) is 43.0 Å². The summed E-state index contributed by atoms with van der Waals surface area (Å²) in [6, 6.07) is 9.41. The van der Waals surface area contributed by atoms with Crippen LogP contribution >= 0.6 is 11.6 Å². The van der Waals surface area contributed by atoms with E-state index < -0.39 is 22.7 Å². The number of aliphatic carboxylic acids is 1. The van der Waals surface area contributed by atoms with Gasteiger partial charge < -0.3 is 9.84 Å². The summed E-state index contributed by atoms with van der Waals surface area (Å²) in [5, 5.41) is 25.6. The Bertz CT molecular complexity index is 1380. The number of carboxylic acid groups (broad SMARTS) is 1. The highest BCUT2D eigenvalue weighted by Crippen LogP contribution is 2.35. The van der Waals surface area contributed by atoms with Gasteiger partial charge in [-0.05, 0) is 38.0 Å². The summed E-state index contributed by atoms with van der Waals surface area (Å²) in [7, 11) is 0. The van der Waals surface area contributed by atoms with Gasteiger partial charge in [0.1, 0.15) is 5.82 Å². The minimum absolute atomic E-state index is 0.0324. The number of para-hydroxylation sites is 1. The molecule has 0 amide bonds. The Balaban J connectivity index is 1.88. The summed E-state index contributed by atoms with van der Waals surface area (Å²) in [5.41, 5.74) is -0.247. The molecule has 1 saturated carbocycles. The standard InChI is InChI=1S/C24H23ClN4O6/c1-14(24(31)32)35-21-16(11-17(25)12-20(21)29(33)34)13-26-28-22(15-7-3-2-4-8-15)27-19-10-6-5-9-18(19)23(28)30/h5-6,9-15H,2-4,7-8H2,1H3,(H,31,32)/t14-/m1/s1. The van der Waals surface area contributed by atoms with Gasteiger partial charge >= 0.3 is 11.7 Å². The number of nitro groups is 1. The first-order valence-corrected chi connectivity index (χ1v) is 11.6. The Kier molecular flexibility index (Phi) is 7.11. The van der Waals surface area contributed by atoms with Crippen LogP contribution in [0.4, 0.5) is 5.69 Å². The fourth-order valence-electron chi connectivity index (χ4n) is 4.18. The molecule has 182 valence electrons. The van der Waals surface area contributed by atoms with Gasteiger partial charge in [0.2, 0.25) is 5.75 Å². The van der Waals surface area contributed by atoms with E-state index in [0.29, 0.717) is 16.7 Å². The lowest BCUT2D eigenvalue weighted by Gasteiger charge is -2.22. The molecule has 10 nitrogen and oxygen atoms in total. The second-order valence-electron chi connectivity index (χ2n) is 8.38. The molecule has 4 rings (SSSR count). The number of hydrogen-bond donors (Lipinski definition) is 1. The molecule has 1 aliphatic rings. The molecule has 1 atom stereocenters. The second kappa shape index (κ2) is 10.2. The monoisotopic (exact) mass is 498 g/mol. The van der Waals surface area contributed by atoms with E-state index in [-0.39, 0.29) is 27.8 Å². The van der Waals surface area contributed by atoms with Crippen molar-refractivity contribution in [2.45, 2.75) is 51.0 Å². The number of aromatic nitrogens is 2. The summed E-state index contributed by atoms with van der Waals surface area (Å²) in [5.74, 6) is -1.05. The van der Waals surface area contributed by atoms with E-state index in [1.807, 2.05) is 6.07 Å². The van der Waals surface area contributed by atoms with Crippen LogP contribution in [-0.2, 0) is 4.79 Å². The third-order valence-electron chi connectivity index (χ3n) is 5.96. The fourth-order valence-corrected chi connectivity index (χ4v) is 4.41. The Morgan fingerprint density at radius 2 is 2.03 bits per heavy atom. The molecule has 2 aromatic carbocycles. The predicted octanol–water partition coefficient (Wildman–Crippen LogP) is 4.74. The average Bonchev–Trinajstić information content (AvgIpc) is 2.84. The van der Waals surface area contributed by atoms with E-state index in [0.717, 1.165) is 38.2 Å². The van der Waals surface area contributed by atoms with Gasteiger partial charge in [-0.3, -0.25) is 14.9 Å². The molecule has 0 radical (unpaired) electrons. The van der Waals surface area contributed by atoms with E-state index in [1.165, 1.54) is 23.9 Å². The molecular weight excluding hydrogens is 476 g/mol. The van der Waals surface area contributed by atoms with Gasteiger partial charge in [-0.25, -0.2) is 9.78 Å². The van der Waals surface area contributed by atoms with Crippen LogP contribution < -0.4 is 10.3 Å². The molecule has 1 aromatic heterocycles. The SMILES string of the molecule is C[C@@H](Oc1c(C=Nn2c(C3CCCCC3)nc3ccccc3c2=O)cc(Cl)cc1[N+](=O)[O-])C(=O)O. The summed E-state index contributed by atoms with van der Waals surface area (Å²) in [6.45, 7) is 1.25. The van der Waals surface area contributed by atoms with Crippen molar-refractivity contribution in [3.63, 3.8) is 0 Å². The molecule has 35 heavy (non-hydrogen) atoms. The topological polar surface area (TPSA) is 137 Å². The Labute approximate surface area is 205 Å². The zero-order valence-corrected chi connectivity index (χ0v) is 19.6. The maximum atomic E-state index is 13.4. The van der Waals surface area contributed by atoms with Gasteiger partial charge in [-0.2, -0.15) is 9.78 Å². The zero-order chi connectivity index (χ0) is 25.1. The number of fused-ring (bicyclic) bond motifs is 1. The van der Waals surface area contributed by atoms with Crippen LogP contribution in [0.1, 0.15) is 56.3 Å². The molecule has 1 fully saturated rings. The van der Waals surface area contributed by atoms with Gasteiger partial charge in [-0.15, -0.1) is 0 Å². The normalized spacial score (nSPS) is 15.4. The molecule has 11 heteroatoms. The van der Waals surface area contributed by atoms with Crippen molar-refractivity contribution >= 4 is 40.4 Å². The van der Waals surface area contributed by atoms with Gasteiger partial charge in [0.15, 0.2) is 6.10 Å². The zero-order valence-electron chi connectivity index (χ0n) is 18.9. The largest absolute Gasteiger partial charge is 0.479 e. The third kappa shape index (κ3) is 5.17. The number of carboxylic acids is 1. The van der Waals surface area contributed by atoms with E-state index in [2.05, 4.69) is 5.10 Å². The third-order valence-corrected chi connectivity index (χ3v) is 6.18. The summed E-state index contributed by atoms with van der Waals surface area (Å²) < 4.78 is 6.61. The number of carbonyl (C=O) groups is 1. The number of hydrogen-bond acceptors (Lipinski definition) is 7. The molecule has 0 spiro atoms. The number of rotatable bonds is 7. The Morgan fingerprint density at radius 3 is 2.71 bits per heavy atom. The molecular formula is C24H23ClN4O6. The van der Waals surface area contributed by atoms with E-state index in [9.17, 15) is 24.8 Å². The minimum Gasteiger partial charge on any atom is -0.479 e. The van der Waals surface area contributed by atoms with E-state index >= 15 is 0 Å². The molecule has 1 heterocycles. The number of ether oxygens (including phenoxy) is 1. The number of nitrogens with zero attached hydrogens (tertiary/aromatic N) is 4. The predicted molar refractivity (Wildman–Crippen MR) is 131 cm³/mol. The molecule has 0 saturated heterocycles. The number of nitro benzene ring substituents is 1. The molecule has 0 aliphatic heterocycles. The summed E-state index contributed by atoms with van der Waals surface area (Å²) in [4.78, 5) is 40.3. The highest BCUT2D eigenvalue weighted by Gasteiger charge is 2.26. The van der Waals surface area contributed by atoms with Crippen molar-refractivity contribution in [2.75, 3.05) is 0 Å². The van der Waals surface area contributed by atoms with Crippen LogP contribution in [-0.4, -0.2) is 38.0 Å². The molecule has 1 N–H and O–H groups in total.